The maximum absolute atomic E-state index is 13.7. The van der Waals surface area contributed by atoms with E-state index in [0.717, 1.165) is 21.6 Å². The summed E-state index contributed by atoms with van der Waals surface area (Å²) in [6.45, 7) is 5.84. The molecule has 2 saturated heterocycles. The summed E-state index contributed by atoms with van der Waals surface area (Å²) in [5, 5.41) is 4.85. The number of hydrogen-bond acceptors (Lipinski definition) is 11. The SMILES string of the molecule is CC(C)(C)OC(=O)N1CCN(C(=O)N2C(=O)[C@H](CCCN=C(NC(=O)OCc3ccccc3)NC(=O)OCc3ccccc3)C2C(=O)OCc2ccccc2)CC1. The van der Waals surface area contributed by atoms with Crippen LogP contribution in [0.5, 0.6) is 0 Å². The third kappa shape index (κ3) is 12.5. The lowest BCUT2D eigenvalue weighted by atomic mass is 9.83. The van der Waals surface area contributed by atoms with Crippen molar-refractivity contribution in [1.29, 1.82) is 0 Å². The van der Waals surface area contributed by atoms with Gasteiger partial charge in [-0.3, -0.25) is 20.4 Å². The molecule has 2 fully saturated rings. The average Bonchev–Trinajstić information content (AvgIpc) is 3.20. The highest BCUT2D eigenvalue weighted by Gasteiger charge is 2.56. The second-order valence-electron chi connectivity index (χ2n) is 14.3. The van der Waals surface area contributed by atoms with Crippen LogP contribution < -0.4 is 10.6 Å². The number of piperazine rings is 1. The number of carbonyl (C=O) groups is 6. The number of benzene rings is 3. The molecular formula is C41H48N6O10. The van der Waals surface area contributed by atoms with Gasteiger partial charge in [-0.05, 0) is 50.3 Å². The highest BCUT2D eigenvalue weighted by molar-refractivity contribution is 6.08. The monoisotopic (exact) mass is 784 g/mol. The zero-order valence-electron chi connectivity index (χ0n) is 32.3. The molecular weight excluding hydrogens is 736 g/mol. The molecule has 6 amide bonds. The Morgan fingerprint density at radius 1 is 0.684 bits per heavy atom. The maximum Gasteiger partial charge on any atom is 0.414 e. The van der Waals surface area contributed by atoms with Gasteiger partial charge < -0.3 is 28.7 Å². The Kier molecular flexibility index (Phi) is 14.6. The average molecular weight is 785 g/mol. The van der Waals surface area contributed by atoms with E-state index in [1.165, 1.54) is 9.80 Å². The van der Waals surface area contributed by atoms with Crippen LogP contribution in [0.15, 0.2) is 96.0 Å². The first-order valence-corrected chi connectivity index (χ1v) is 18.7. The molecule has 0 bridgehead atoms. The number of rotatable bonds is 11. The second-order valence-corrected chi connectivity index (χ2v) is 14.3. The van der Waals surface area contributed by atoms with E-state index in [1.807, 2.05) is 18.2 Å². The third-order valence-corrected chi connectivity index (χ3v) is 8.90. The number of alkyl carbamates (subject to hydrolysis) is 2. The second kappa shape index (κ2) is 19.9. The highest BCUT2D eigenvalue weighted by atomic mass is 16.6. The lowest BCUT2D eigenvalue weighted by molar-refractivity contribution is -0.171. The van der Waals surface area contributed by atoms with Gasteiger partial charge >= 0.3 is 30.3 Å². The summed E-state index contributed by atoms with van der Waals surface area (Å²) >= 11 is 0. The van der Waals surface area contributed by atoms with Gasteiger partial charge in [-0.15, -0.1) is 0 Å². The number of amides is 6. The first-order chi connectivity index (χ1) is 27.4. The molecule has 0 saturated carbocycles. The third-order valence-electron chi connectivity index (χ3n) is 8.90. The van der Waals surface area contributed by atoms with Crippen LogP contribution in [0.3, 0.4) is 0 Å². The number of aliphatic imine (C=N–C) groups is 1. The summed E-state index contributed by atoms with van der Waals surface area (Å²) in [6.07, 6.45) is -1.90. The number of hydrogen-bond donors (Lipinski definition) is 2. The molecule has 16 heteroatoms. The van der Waals surface area contributed by atoms with Crippen molar-refractivity contribution >= 4 is 42.1 Å². The van der Waals surface area contributed by atoms with Gasteiger partial charge in [0.1, 0.15) is 25.4 Å². The molecule has 16 nitrogen and oxygen atoms in total. The molecule has 57 heavy (non-hydrogen) atoms. The fourth-order valence-electron chi connectivity index (χ4n) is 6.01. The molecule has 0 spiro atoms. The van der Waals surface area contributed by atoms with Gasteiger partial charge in [-0.1, -0.05) is 91.0 Å². The van der Waals surface area contributed by atoms with E-state index >= 15 is 0 Å². The summed E-state index contributed by atoms with van der Waals surface area (Å²) in [6, 6.07) is 25.2. The molecule has 3 aromatic carbocycles. The molecule has 2 atom stereocenters. The predicted octanol–water partition coefficient (Wildman–Crippen LogP) is 5.22. The fourth-order valence-corrected chi connectivity index (χ4v) is 6.01. The number of imide groups is 1. The summed E-state index contributed by atoms with van der Waals surface area (Å²) < 4.78 is 21.6. The van der Waals surface area contributed by atoms with Crippen LogP contribution in [0.4, 0.5) is 19.2 Å². The number of nitrogens with one attached hydrogen (secondary N) is 2. The van der Waals surface area contributed by atoms with Crippen molar-refractivity contribution in [1.82, 2.24) is 25.3 Å². The van der Waals surface area contributed by atoms with Gasteiger partial charge in [0.2, 0.25) is 11.9 Å². The molecule has 302 valence electrons. The lowest BCUT2D eigenvalue weighted by Gasteiger charge is -2.46. The largest absolute Gasteiger partial charge is 0.459 e. The molecule has 3 aromatic rings. The minimum atomic E-state index is -1.20. The number of urea groups is 1. The fraction of sp³-hybridized carbons (Fsp3) is 0.390. The van der Waals surface area contributed by atoms with E-state index in [9.17, 15) is 28.8 Å². The smallest absolute Gasteiger partial charge is 0.414 e. The van der Waals surface area contributed by atoms with Crippen molar-refractivity contribution in [2.45, 2.75) is 65.1 Å². The van der Waals surface area contributed by atoms with Gasteiger partial charge in [0.05, 0.1) is 5.92 Å². The zero-order chi connectivity index (χ0) is 40.8. The summed E-state index contributed by atoms with van der Waals surface area (Å²) in [5.74, 6) is -2.43. The van der Waals surface area contributed by atoms with Gasteiger partial charge in [0, 0.05) is 32.7 Å². The van der Waals surface area contributed by atoms with Crippen molar-refractivity contribution in [2.75, 3.05) is 32.7 Å². The Morgan fingerprint density at radius 3 is 1.61 bits per heavy atom. The Morgan fingerprint density at radius 2 is 1.14 bits per heavy atom. The van der Waals surface area contributed by atoms with Crippen molar-refractivity contribution in [2.24, 2.45) is 10.9 Å². The minimum absolute atomic E-state index is 0.00337. The summed E-state index contributed by atoms with van der Waals surface area (Å²) in [7, 11) is 0. The number of β-lactam (4-membered cyclic amide) rings is 1. The molecule has 2 heterocycles. The van der Waals surface area contributed by atoms with E-state index in [-0.39, 0.29) is 71.3 Å². The first-order valence-electron chi connectivity index (χ1n) is 18.7. The van der Waals surface area contributed by atoms with E-state index in [0.29, 0.717) is 0 Å². The van der Waals surface area contributed by atoms with Crippen LogP contribution in [-0.2, 0) is 48.4 Å². The van der Waals surface area contributed by atoms with Crippen molar-refractivity contribution in [3.05, 3.63) is 108 Å². The molecule has 2 N–H and O–H groups in total. The Labute approximate surface area is 331 Å². The van der Waals surface area contributed by atoms with Crippen LogP contribution in [0.25, 0.3) is 0 Å². The molecule has 1 unspecified atom stereocenters. The highest BCUT2D eigenvalue weighted by Crippen LogP contribution is 2.33. The molecule has 0 aromatic heterocycles. The van der Waals surface area contributed by atoms with E-state index in [2.05, 4.69) is 15.6 Å². The van der Waals surface area contributed by atoms with Gasteiger partial charge in [-0.25, -0.2) is 28.9 Å². The summed E-state index contributed by atoms with van der Waals surface area (Å²) in [5.41, 5.74) is 1.55. The van der Waals surface area contributed by atoms with Crippen LogP contribution in [0.2, 0.25) is 0 Å². The van der Waals surface area contributed by atoms with Crippen molar-refractivity contribution < 1.29 is 47.7 Å². The number of guanidine groups is 1. The van der Waals surface area contributed by atoms with E-state index in [1.54, 1.807) is 93.6 Å². The topological polar surface area (TPSA) is 185 Å². The Balaban J connectivity index is 1.22. The molecule has 2 aliphatic rings. The lowest BCUT2D eigenvalue weighted by Crippen LogP contribution is -2.69. The van der Waals surface area contributed by atoms with Gasteiger partial charge in [-0.2, -0.15) is 0 Å². The van der Waals surface area contributed by atoms with Gasteiger partial charge in [0.25, 0.3) is 0 Å². The number of likely N-dealkylation sites (tertiary alicyclic amines) is 1. The molecule has 0 radical (unpaired) electrons. The molecule has 2 aliphatic heterocycles. The quantitative estimate of drug-likeness (QED) is 0.0653. The van der Waals surface area contributed by atoms with Gasteiger partial charge in [0.15, 0.2) is 6.04 Å². The van der Waals surface area contributed by atoms with Crippen molar-refractivity contribution in [3.8, 4) is 0 Å². The zero-order valence-corrected chi connectivity index (χ0v) is 32.3. The minimum Gasteiger partial charge on any atom is -0.459 e. The van der Waals surface area contributed by atoms with Crippen molar-refractivity contribution in [3.63, 3.8) is 0 Å². The standard InChI is InChI=1S/C41H48N6O10/c1-41(2,3)57-40(53)46-24-22-45(23-25-46)39(52)47-33(35(49)54-26-29-14-7-4-8-15-29)32(34(47)48)20-13-21-42-36(43-37(50)55-27-30-16-9-5-10-17-30)44-38(51)56-28-31-18-11-6-12-19-31/h4-12,14-19,32-33H,13,20-28H2,1-3H3,(H2,42,43,44,50,51)/t32-,33?/m1/s1. The maximum atomic E-state index is 13.7. The Hall–Kier alpha value is -6.45. The number of nitrogens with zero attached hydrogens (tertiary/aromatic N) is 4. The number of esters is 1. The van der Waals surface area contributed by atoms with Crippen LogP contribution in [0.1, 0.15) is 50.3 Å². The molecule has 0 aliphatic carbocycles. The molecule has 5 rings (SSSR count). The van der Waals surface area contributed by atoms with Crippen LogP contribution in [0, 0.1) is 5.92 Å². The normalized spacial score (nSPS) is 16.4. The number of carbonyl (C=O) groups excluding carboxylic acids is 6. The predicted molar refractivity (Wildman–Crippen MR) is 206 cm³/mol. The number of ether oxygens (including phenoxy) is 4. The Bertz CT molecular complexity index is 1820. The van der Waals surface area contributed by atoms with E-state index in [4.69, 9.17) is 18.9 Å². The first kappa shape index (κ1) is 41.7. The van der Waals surface area contributed by atoms with Crippen LogP contribution in [-0.4, -0.2) is 101 Å². The summed E-state index contributed by atoms with van der Waals surface area (Å²) in [4.78, 5) is 86.9. The van der Waals surface area contributed by atoms with Crippen LogP contribution >= 0.6 is 0 Å². The van der Waals surface area contributed by atoms with E-state index < -0.39 is 53.7 Å².